The maximum atomic E-state index is 10.1. The van der Waals surface area contributed by atoms with Crippen LogP contribution in [0.25, 0.3) is 0 Å². The summed E-state index contributed by atoms with van der Waals surface area (Å²) in [6, 6.07) is 0. The summed E-state index contributed by atoms with van der Waals surface area (Å²) in [5.74, 6) is 0. The first kappa shape index (κ1) is 17.0. The van der Waals surface area contributed by atoms with Crippen LogP contribution in [0.5, 0.6) is 0 Å². The summed E-state index contributed by atoms with van der Waals surface area (Å²) in [6.45, 7) is 0. The first-order chi connectivity index (χ1) is 3.12. The van der Waals surface area contributed by atoms with Crippen molar-refractivity contribution in [3.8, 4) is 0 Å². The van der Waals surface area contributed by atoms with Gasteiger partial charge in [-0.15, -0.1) is 0 Å². The van der Waals surface area contributed by atoms with Crippen molar-refractivity contribution in [2.75, 3.05) is 14.2 Å². The van der Waals surface area contributed by atoms with Gasteiger partial charge in [0.25, 0.3) is 0 Å². The molecule has 1 radical (unpaired) electrons. The number of phosphoric acid groups is 1. The molecule has 0 aliphatic rings. The normalized spacial score (nSPS) is 9.22. The number of rotatable bonds is 2. The second kappa shape index (κ2) is 7.85. The Bertz CT molecular complexity index is 90.6. The average molecular weight is 415 g/mol. The molecular formula is C2H7O4PUV. The SMILES string of the molecule is COP(=O)(O)OC.[U].[V]. The molecule has 0 aliphatic heterocycles. The number of hydrogen-bond donors (Lipinski definition) is 1. The van der Waals surface area contributed by atoms with E-state index < -0.39 is 7.82 Å². The Balaban J connectivity index is -0.000000180. The minimum atomic E-state index is -3.65. The molecule has 0 aromatic rings. The summed E-state index contributed by atoms with van der Waals surface area (Å²) < 4.78 is 18.0. The van der Waals surface area contributed by atoms with E-state index >= 15 is 0 Å². The molecule has 53 valence electrons. The molecule has 0 amide bonds. The Hall–Kier alpha value is 1.75. The Labute approximate surface area is 89.6 Å². The molecule has 0 fully saturated rings. The van der Waals surface area contributed by atoms with Crippen LogP contribution >= 0.6 is 7.82 Å². The van der Waals surface area contributed by atoms with Gasteiger partial charge in [0.05, 0.1) is 0 Å². The van der Waals surface area contributed by atoms with Gasteiger partial charge in [-0.1, -0.05) is 0 Å². The molecule has 0 bridgehead atoms. The van der Waals surface area contributed by atoms with Gasteiger partial charge in [0.1, 0.15) is 0 Å². The van der Waals surface area contributed by atoms with Crippen molar-refractivity contribution < 1.29 is 68.2 Å². The Morgan fingerprint density at radius 3 is 1.56 bits per heavy atom. The maximum absolute atomic E-state index is 10.1. The summed E-state index contributed by atoms with van der Waals surface area (Å²) >= 11 is 0. The van der Waals surface area contributed by atoms with Crippen molar-refractivity contribution in [3.05, 3.63) is 0 Å². The summed E-state index contributed by atoms with van der Waals surface area (Å²) in [5, 5.41) is 0. The second-order valence-corrected chi connectivity index (χ2v) is 2.50. The van der Waals surface area contributed by atoms with Crippen LogP contribution in [0, 0.1) is 31.1 Å². The zero-order valence-electron chi connectivity index (χ0n) is 5.07. The van der Waals surface area contributed by atoms with Crippen molar-refractivity contribution in [1.82, 2.24) is 0 Å². The monoisotopic (exact) mass is 415 g/mol. The van der Waals surface area contributed by atoms with Gasteiger partial charge in [-0.05, 0) is 0 Å². The third-order valence-corrected chi connectivity index (χ3v) is 1.38. The predicted octanol–water partition coefficient (Wildman–Crippen LogP) is 0.377. The van der Waals surface area contributed by atoms with Crippen LogP contribution in [0.15, 0.2) is 0 Å². The average Bonchev–Trinajstić information content (AvgIpc) is 1.68. The van der Waals surface area contributed by atoms with Crippen LogP contribution in [0.4, 0.5) is 0 Å². The third-order valence-electron chi connectivity index (χ3n) is 0.461. The van der Waals surface area contributed by atoms with E-state index in [9.17, 15) is 4.57 Å². The van der Waals surface area contributed by atoms with Crippen LogP contribution in [0.1, 0.15) is 0 Å². The second-order valence-electron chi connectivity index (χ2n) is 0.834. The summed E-state index contributed by atoms with van der Waals surface area (Å²) in [5.41, 5.74) is 0. The van der Waals surface area contributed by atoms with Crippen molar-refractivity contribution in [2.24, 2.45) is 0 Å². The number of hydrogen-bond acceptors (Lipinski definition) is 3. The van der Waals surface area contributed by atoms with Gasteiger partial charge in [0.15, 0.2) is 0 Å². The molecule has 0 atom stereocenters. The zero-order chi connectivity index (χ0) is 5.91. The quantitative estimate of drug-likeness (QED) is 0.663. The molecule has 0 unspecified atom stereocenters. The van der Waals surface area contributed by atoms with E-state index in [2.05, 4.69) is 9.05 Å². The molecule has 0 aromatic heterocycles. The predicted molar refractivity (Wildman–Crippen MR) is 23.8 cm³/mol. The molecule has 7 heteroatoms. The van der Waals surface area contributed by atoms with Crippen molar-refractivity contribution in [2.45, 2.75) is 0 Å². The fourth-order valence-corrected chi connectivity index (χ4v) is 0.224. The van der Waals surface area contributed by atoms with E-state index in [0.717, 1.165) is 14.2 Å². The fraction of sp³-hybridized carbons (Fsp3) is 1.00. The van der Waals surface area contributed by atoms with Gasteiger partial charge >= 0.3 is 7.82 Å². The Morgan fingerprint density at radius 2 is 1.56 bits per heavy atom. The van der Waals surface area contributed by atoms with E-state index in [1.54, 1.807) is 0 Å². The molecule has 0 spiro atoms. The van der Waals surface area contributed by atoms with Crippen molar-refractivity contribution >= 4 is 7.82 Å². The third kappa shape index (κ3) is 9.75. The van der Waals surface area contributed by atoms with E-state index in [-0.39, 0.29) is 49.7 Å². The van der Waals surface area contributed by atoms with Crippen molar-refractivity contribution in [1.29, 1.82) is 0 Å². The first-order valence-corrected chi connectivity index (χ1v) is 3.06. The Morgan fingerprint density at radius 1 is 1.33 bits per heavy atom. The largest absolute Gasteiger partial charge is 0.471 e. The van der Waals surface area contributed by atoms with Gasteiger partial charge < -0.3 is 4.89 Å². The van der Waals surface area contributed by atoms with Gasteiger partial charge in [-0.25, -0.2) is 4.57 Å². The molecule has 0 aliphatic carbocycles. The molecular weight excluding hydrogens is 408 g/mol. The van der Waals surface area contributed by atoms with E-state index in [0.29, 0.717) is 0 Å². The molecule has 1 N–H and O–H groups in total. The first-order valence-electron chi connectivity index (χ1n) is 1.56. The van der Waals surface area contributed by atoms with Crippen molar-refractivity contribution in [3.63, 3.8) is 0 Å². The molecule has 4 nitrogen and oxygen atoms in total. The Kier molecular flexibility index (Phi) is 14.8. The zero-order valence-corrected chi connectivity index (χ0v) is 11.5. The van der Waals surface area contributed by atoms with Gasteiger partial charge in [-0.2, -0.15) is 0 Å². The van der Waals surface area contributed by atoms with E-state index in [1.165, 1.54) is 0 Å². The standard InChI is InChI=1S/C2H7O4P.U.V/c1-5-7(3,4)6-2;;/h1-2H3,(H,3,4);;. The molecule has 0 heterocycles. The van der Waals surface area contributed by atoms with Crippen LogP contribution in [-0.4, -0.2) is 19.1 Å². The molecule has 0 saturated carbocycles. The van der Waals surface area contributed by atoms with Crippen LogP contribution in [0.3, 0.4) is 0 Å². The smallest absolute Gasteiger partial charge is 0.303 e. The summed E-state index contributed by atoms with van der Waals surface area (Å²) in [4.78, 5) is 8.24. The van der Waals surface area contributed by atoms with E-state index in [4.69, 9.17) is 4.89 Å². The minimum absolute atomic E-state index is 0. The minimum Gasteiger partial charge on any atom is -0.303 e. The van der Waals surface area contributed by atoms with Crippen LogP contribution in [-0.2, 0) is 32.2 Å². The summed E-state index contributed by atoms with van der Waals surface area (Å²) in [7, 11) is -1.45. The summed E-state index contributed by atoms with van der Waals surface area (Å²) in [6.07, 6.45) is 0. The molecule has 0 rings (SSSR count). The maximum Gasteiger partial charge on any atom is 0.471 e. The van der Waals surface area contributed by atoms with Gasteiger partial charge in [0.2, 0.25) is 0 Å². The van der Waals surface area contributed by atoms with Crippen LogP contribution < -0.4 is 0 Å². The molecule has 0 aromatic carbocycles. The van der Waals surface area contributed by atoms with Crippen LogP contribution in [0.2, 0.25) is 0 Å². The fourth-order valence-electron chi connectivity index (χ4n) is 0.0745. The van der Waals surface area contributed by atoms with Gasteiger partial charge in [0, 0.05) is 63.9 Å². The van der Waals surface area contributed by atoms with Gasteiger partial charge in [-0.3, -0.25) is 9.05 Å². The number of phosphoric ester groups is 1. The van der Waals surface area contributed by atoms with E-state index in [1.807, 2.05) is 0 Å². The molecule has 9 heavy (non-hydrogen) atoms. The molecule has 0 saturated heterocycles. The topological polar surface area (TPSA) is 55.8 Å².